The lowest BCUT2D eigenvalue weighted by Gasteiger charge is -2.19. The second-order valence-corrected chi connectivity index (χ2v) is 5.50. The number of amides is 1. The van der Waals surface area contributed by atoms with Gasteiger partial charge < -0.3 is 5.11 Å². The fourth-order valence-corrected chi connectivity index (χ4v) is 2.38. The van der Waals surface area contributed by atoms with Crippen molar-refractivity contribution in [2.75, 3.05) is 6.54 Å². The van der Waals surface area contributed by atoms with Gasteiger partial charge >= 0.3 is 6.09 Å². The Bertz CT molecular complexity index is 510. The Morgan fingerprint density at radius 3 is 2.33 bits per heavy atom. The summed E-state index contributed by atoms with van der Waals surface area (Å²) in [6.07, 6.45) is -0.810. The molecule has 0 atom stereocenters. The van der Waals surface area contributed by atoms with E-state index in [1.807, 2.05) is 11.8 Å². The number of sulfonamides is 1. The zero-order chi connectivity index (χ0) is 13.8. The third-order valence-electron chi connectivity index (χ3n) is 2.24. The van der Waals surface area contributed by atoms with Gasteiger partial charge in [0, 0.05) is 6.54 Å². The molecule has 0 fully saturated rings. The number of hydrogen-bond donors (Lipinski definition) is 2. The zero-order valence-electron chi connectivity index (χ0n) is 10.3. The largest absolute Gasteiger partial charge is 0.464 e. The van der Waals surface area contributed by atoms with Crippen molar-refractivity contribution in [3.63, 3.8) is 0 Å². The van der Waals surface area contributed by atoms with Crippen molar-refractivity contribution in [2.24, 2.45) is 0 Å². The van der Waals surface area contributed by atoms with E-state index in [1.54, 1.807) is 19.1 Å². The number of carbonyl (C=O) groups is 1. The molecule has 0 aromatic heterocycles. The minimum absolute atomic E-state index is 0.0375. The van der Waals surface area contributed by atoms with Crippen molar-refractivity contribution in [2.45, 2.75) is 25.2 Å². The Balaban J connectivity index is 2.93. The van der Waals surface area contributed by atoms with Gasteiger partial charge in [0.15, 0.2) is 0 Å². The predicted octanol–water partition coefficient (Wildman–Crippen LogP) is 1.58. The lowest BCUT2D eigenvalue weighted by atomic mass is 10.2. The van der Waals surface area contributed by atoms with Crippen LogP contribution in [-0.2, 0) is 10.0 Å². The van der Waals surface area contributed by atoms with E-state index in [2.05, 4.69) is 0 Å². The van der Waals surface area contributed by atoms with Crippen LogP contribution in [0.25, 0.3) is 0 Å². The van der Waals surface area contributed by atoms with Crippen molar-refractivity contribution in [3.05, 3.63) is 29.8 Å². The maximum atomic E-state index is 11.9. The molecule has 0 aliphatic rings. The van der Waals surface area contributed by atoms with E-state index in [1.165, 1.54) is 12.1 Å². The van der Waals surface area contributed by atoms with Crippen LogP contribution in [0.4, 0.5) is 4.79 Å². The van der Waals surface area contributed by atoms with Gasteiger partial charge in [-0.2, -0.15) is 0 Å². The molecule has 0 unspecified atom stereocenters. The number of nitrogens with zero attached hydrogens (tertiary/aromatic N) is 1. The summed E-state index contributed by atoms with van der Waals surface area (Å²) in [7, 11) is -3.85. The molecule has 2 N–H and O–H groups in total. The SMILES string of the molecule is CCCN(NS(=O)(=O)c1ccc(C)cc1)C(=O)O. The fourth-order valence-electron chi connectivity index (χ4n) is 1.32. The Labute approximate surface area is 106 Å². The first-order chi connectivity index (χ1) is 8.36. The summed E-state index contributed by atoms with van der Waals surface area (Å²) < 4.78 is 23.8. The highest BCUT2D eigenvalue weighted by atomic mass is 32.2. The average Bonchev–Trinajstić information content (AvgIpc) is 2.28. The first kappa shape index (κ1) is 14.5. The van der Waals surface area contributed by atoms with E-state index in [9.17, 15) is 13.2 Å². The average molecular weight is 272 g/mol. The van der Waals surface area contributed by atoms with Crippen molar-refractivity contribution in [1.29, 1.82) is 0 Å². The first-order valence-corrected chi connectivity index (χ1v) is 6.94. The second-order valence-electron chi connectivity index (χ2n) is 3.84. The summed E-state index contributed by atoms with van der Waals surface area (Å²) in [5, 5.41) is 9.52. The Morgan fingerprint density at radius 2 is 1.89 bits per heavy atom. The van der Waals surface area contributed by atoms with Gasteiger partial charge in [-0.15, -0.1) is 4.83 Å². The van der Waals surface area contributed by atoms with Crippen LogP contribution >= 0.6 is 0 Å². The summed E-state index contributed by atoms with van der Waals surface area (Å²) >= 11 is 0. The van der Waals surface area contributed by atoms with Crippen LogP contribution in [0.2, 0.25) is 0 Å². The summed E-state index contributed by atoms with van der Waals surface area (Å²) in [4.78, 5) is 12.9. The highest BCUT2D eigenvalue weighted by molar-refractivity contribution is 7.89. The molecule has 0 heterocycles. The van der Waals surface area contributed by atoms with Gasteiger partial charge in [-0.25, -0.2) is 18.2 Å². The molecule has 0 aliphatic heterocycles. The highest BCUT2D eigenvalue weighted by Crippen LogP contribution is 2.10. The maximum Gasteiger partial charge on any atom is 0.422 e. The summed E-state index contributed by atoms with van der Waals surface area (Å²) in [6.45, 7) is 3.70. The quantitative estimate of drug-likeness (QED) is 0.797. The number of aryl methyl sites for hydroxylation is 1. The Kier molecular flexibility index (Phi) is 4.69. The van der Waals surface area contributed by atoms with Crippen LogP contribution in [-0.4, -0.2) is 31.2 Å². The van der Waals surface area contributed by atoms with Crippen LogP contribution in [0.5, 0.6) is 0 Å². The van der Waals surface area contributed by atoms with Crippen LogP contribution in [0.1, 0.15) is 18.9 Å². The normalized spacial score (nSPS) is 11.2. The number of hydrogen-bond acceptors (Lipinski definition) is 3. The van der Waals surface area contributed by atoms with Crippen molar-refractivity contribution in [3.8, 4) is 0 Å². The van der Waals surface area contributed by atoms with E-state index in [-0.39, 0.29) is 11.4 Å². The van der Waals surface area contributed by atoms with Gasteiger partial charge in [0.05, 0.1) is 4.90 Å². The van der Waals surface area contributed by atoms with E-state index in [0.29, 0.717) is 11.4 Å². The summed E-state index contributed by atoms with van der Waals surface area (Å²) in [5.41, 5.74) is 0.928. The predicted molar refractivity (Wildman–Crippen MR) is 66.5 cm³/mol. The molecule has 7 heteroatoms. The molecule has 0 spiro atoms. The minimum Gasteiger partial charge on any atom is -0.464 e. The molecular formula is C11H16N2O4S. The number of carboxylic acid groups (broad SMARTS) is 1. The third kappa shape index (κ3) is 3.71. The molecule has 0 saturated carbocycles. The van der Waals surface area contributed by atoms with E-state index in [4.69, 9.17) is 5.11 Å². The van der Waals surface area contributed by atoms with Gasteiger partial charge in [-0.05, 0) is 25.5 Å². The number of benzene rings is 1. The number of nitrogens with one attached hydrogen (secondary N) is 1. The molecule has 0 saturated heterocycles. The van der Waals surface area contributed by atoms with Crippen LogP contribution in [0, 0.1) is 6.92 Å². The Morgan fingerprint density at radius 1 is 1.33 bits per heavy atom. The van der Waals surface area contributed by atoms with E-state index in [0.717, 1.165) is 5.56 Å². The van der Waals surface area contributed by atoms with Crippen molar-refractivity contribution < 1.29 is 18.3 Å². The van der Waals surface area contributed by atoms with Crippen molar-refractivity contribution >= 4 is 16.1 Å². The van der Waals surface area contributed by atoms with E-state index >= 15 is 0 Å². The Hall–Kier alpha value is -1.60. The molecule has 100 valence electrons. The molecule has 18 heavy (non-hydrogen) atoms. The monoisotopic (exact) mass is 272 g/mol. The summed E-state index contributed by atoms with van der Waals surface area (Å²) in [6, 6.07) is 6.17. The maximum absolute atomic E-state index is 11.9. The van der Waals surface area contributed by atoms with Crippen LogP contribution < -0.4 is 4.83 Å². The smallest absolute Gasteiger partial charge is 0.422 e. The molecule has 1 aromatic carbocycles. The second kappa shape index (κ2) is 5.83. The van der Waals surface area contributed by atoms with Gasteiger partial charge in [0.1, 0.15) is 0 Å². The molecule has 1 rings (SSSR count). The standard InChI is InChI=1S/C11H16N2O4S/c1-3-8-13(11(14)15)12-18(16,17)10-6-4-9(2)5-7-10/h4-7,12H,3,8H2,1-2H3,(H,14,15). The lowest BCUT2D eigenvalue weighted by Crippen LogP contribution is -2.45. The van der Waals surface area contributed by atoms with Crippen LogP contribution in [0.15, 0.2) is 29.2 Å². The van der Waals surface area contributed by atoms with Gasteiger partial charge in [0.2, 0.25) is 0 Å². The fraction of sp³-hybridized carbons (Fsp3) is 0.364. The molecular weight excluding hydrogens is 256 g/mol. The van der Waals surface area contributed by atoms with E-state index < -0.39 is 16.1 Å². The zero-order valence-corrected chi connectivity index (χ0v) is 11.1. The lowest BCUT2D eigenvalue weighted by molar-refractivity contribution is 0.136. The first-order valence-electron chi connectivity index (χ1n) is 5.46. The van der Waals surface area contributed by atoms with Gasteiger partial charge in [-0.1, -0.05) is 24.6 Å². The molecule has 0 aliphatic carbocycles. The number of hydrazine groups is 1. The summed E-state index contributed by atoms with van der Waals surface area (Å²) in [5.74, 6) is 0. The van der Waals surface area contributed by atoms with Gasteiger partial charge in [0.25, 0.3) is 10.0 Å². The van der Waals surface area contributed by atoms with Crippen molar-refractivity contribution in [1.82, 2.24) is 9.84 Å². The number of rotatable bonds is 5. The molecule has 6 nitrogen and oxygen atoms in total. The highest BCUT2D eigenvalue weighted by Gasteiger charge is 2.20. The molecule has 0 bridgehead atoms. The third-order valence-corrected chi connectivity index (χ3v) is 3.59. The molecule has 1 aromatic rings. The minimum atomic E-state index is -3.85. The molecule has 1 amide bonds. The molecule has 0 radical (unpaired) electrons. The van der Waals surface area contributed by atoms with Crippen LogP contribution in [0.3, 0.4) is 0 Å². The topological polar surface area (TPSA) is 86.7 Å². The van der Waals surface area contributed by atoms with Gasteiger partial charge in [-0.3, -0.25) is 0 Å².